The van der Waals surface area contributed by atoms with Gasteiger partial charge in [0, 0.05) is 0 Å². The van der Waals surface area contributed by atoms with Gasteiger partial charge in [0.25, 0.3) is 0 Å². The van der Waals surface area contributed by atoms with E-state index < -0.39 is 0 Å². The predicted octanol–water partition coefficient (Wildman–Crippen LogP) is 5.48. The van der Waals surface area contributed by atoms with E-state index in [0.29, 0.717) is 6.10 Å². The quantitative estimate of drug-likeness (QED) is 0.682. The molecule has 3 unspecified atom stereocenters. The smallest absolute Gasteiger partial charge is 0.127 e. The van der Waals surface area contributed by atoms with Crippen molar-refractivity contribution in [3.05, 3.63) is 60.2 Å². The van der Waals surface area contributed by atoms with Gasteiger partial charge in [-0.1, -0.05) is 46.3 Å². The Labute approximate surface area is 134 Å². The van der Waals surface area contributed by atoms with Gasteiger partial charge in [-0.25, -0.2) is 0 Å². The van der Waals surface area contributed by atoms with Crippen molar-refractivity contribution >= 4 is 15.9 Å². The average molecular weight is 347 g/mol. The topological polar surface area (TPSA) is 18.5 Å². The van der Waals surface area contributed by atoms with Crippen molar-refractivity contribution < 1.29 is 9.47 Å². The molecule has 0 radical (unpaired) electrons. The van der Waals surface area contributed by atoms with Crippen molar-refractivity contribution in [3.63, 3.8) is 0 Å². The zero-order chi connectivity index (χ0) is 14.7. The van der Waals surface area contributed by atoms with Crippen molar-refractivity contribution in [3.8, 4) is 11.5 Å². The number of rotatable bonds is 4. The first kappa shape index (κ1) is 14.6. The van der Waals surface area contributed by atoms with Crippen LogP contribution in [0.5, 0.6) is 11.5 Å². The van der Waals surface area contributed by atoms with Crippen molar-refractivity contribution in [1.29, 1.82) is 0 Å². The van der Waals surface area contributed by atoms with Crippen LogP contribution in [0.3, 0.4) is 0 Å². The minimum absolute atomic E-state index is 0.244. The Hall–Kier alpha value is -1.32. The summed E-state index contributed by atoms with van der Waals surface area (Å²) < 4.78 is 11.7. The van der Waals surface area contributed by atoms with E-state index in [1.54, 1.807) is 0 Å². The largest absolute Gasteiger partial charge is 0.457 e. The molecule has 1 fully saturated rings. The maximum absolute atomic E-state index is 5.93. The molecule has 0 amide bonds. The third-order valence-electron chi connectivity index (χ3n) is 3.77. The van der Waals surface area contributed by atoms with E-state index in [-0.39, 0.29) is 10.9 Å². The van der Waals surface area contributed by atoms with Crippen LogP contribution >= 0.6 is 15.9 Å². The molecule has 21 heavy (non-hydrogen) atoms. The molecule has 2 nitrogen and oxygen atoms in total. The molecule has 0 N–H and O–H groups in total. The van der Waals surface area contributed by atoms with E-state index in [9.17, 15) is 0 Å². The third kappa shape index (κ3) is 3.66. The Kier molecular flexibility index (Phi) is 4.61. The van der Waals surface area contributed by atoms with Gasteiger partial charge in [0.05, 0.1) is 17.0 Å². The molecule has 0 aliphatic carbocycles. The summed E-state index contributed by atoms with van der Waals surface area (Å²) in [4.78, 5) is 0.244. The number of benzene rings is 2. The molecule has 0 spiro atoms. The molecule has 110 valence electrons. The highest BCUT2D eigenvalue weighted by molar-refractivity contribution is 9.09. The SMILES string of the molecule is CC1CCC(C(Br)c2ccc(Oc3ccccc3)cc2)O1. The second-order valence-corrected chi connectivity index (χ2v) is 6.43. The number of hydrogen-bond donors (Lipinski definition) is 0. The number of ether oxygens (including phenoxy) is 2. The van der Waals surface area contributed by atoms with Crippen LogP contribution in [0.4, 0.5) is 0 Å². The highest BCUT2D eigenvalue weighted by Crippen LogP contribution is 2.36. The molecule has 1 saturated heterocycles. The first-order chi connectivity index (χ1) is 10.2. The van der Waals surface area contributed by atoms with Crippen molar-refractivity contribution in [1.82, 2.24) is 0 Å². The molecule has 3 atom stereocenters. The van der Waals surface area contributed by atoms with E-state index >= 15 is 0 Å². The van der Waals surface area contributed by atoms with E-state index in [1.165, 1.54) is 5.56 Å². The molecule has 1 aliphatic rings. The first-order valence-electron chi connectivity index (χ1n) is 7.35. The maximum atomic E-state index is 5.93. The Morgan fingerprint density at radius 3 is 2.29 bits per heavy atom. The Balaban J connectivity index is 1.66. The molecule has 3 rings (SSSR count). The molecule has 3 heteroatoms. The summed E-state index contributed by atoms with van der Waals surface area (Å²) in [6.45, 7) is 2.14. The lowest BCUT2D eigenvalue weighted by Gasteiger charge is -2.18. The van der Waals surface area contributed by atoms with E-state index in [1.807, 2.05) is 42.5 Å². The number of para-hydroxylation sites is 1. The predicted molar refractivity (Wildman–Crippen MR) is 88.2 cm³/mol. The normalized spacial score (nSPS) is 23.0. The van der Waals surface area contributed by atoms with Gasteiger partial charge in [-0.05, 0) is 49.6 Å². The fraction of sp³-hybridized carbons (Fsp3) is 0.333. The second-order valence-electron chi connectivity index (χ2n) is 5.45. The fourth-order valence-corrected chi connectivity index (χ4v) is 3.30. The summed E-state index contributed by atoms with van der Waals surface area (Å²) in [6, 6.07) is 18.0. The van der Waals surface area contributed by atoms with Crippen molar-refractivity contribution in [2.75, 3.05) is 0 Å². The van der Waals surface area contributed by atoms with Gasteiger partial charge in [0.2, 0.25) is 0 Å². The molecule has 0 saturated carbocycles. The summed E-state index contributed by atoms with van der Waals surface area (Å²) in [5, 5.41) is 0. The van der Waals surface area contributed by atoms with Crippen LogP contribution in [0.25, 0.3) is 0 Å². The zero-order valence-electron chi connectivity index (χ0n) is 12.0. The minimum Gasteiger partial charge on any atom is -0.457 e. The average Bonchev–Trinajstić information content (AvgIpc) is 2.95. The first-order valence-corrected chi connectivity index (χ1v) is 8.26. The summed E-state index contributed by atoms with van der Waals surface area (Å²) >= 11 is 3.77. The van der Waals surface area contributed by atoms with Gasteiger partial charge in [0.15, 0.2) is 0 Å². The van der Waals surface area contributed by atoms with Crippen LogP contribution in [-0.4, -0.2) is 12.2 Å². The van der Waals surface area contributed by atoms with Gasteiger partial charge in [-0.15, -0.1) is 0 Å². The minimum atomic E-state index is 0.244. The van der Waals surface area contributed by atoms with Crippen molar-refractivity contribution in [2.45, 2.75) is 36.8 Å². The Bertz CT molecular complexity index is 568. The van der Waals surface area contributed by atoms with E-state index in [0.717, 1.165) is 24.3 Å². The molecular weight excluding hydrogens is 328 g/mol. The lowest BCUT2D eigenvalue weighted by atomic mass is 10.1. The zero-order valence-corrected chi connectivity index (χ0v) is 13.6. The lowest BCUT2D eigenvalue weighted by molar-refractivity contribution is 0.0557. The van der Waals surface area contributed by atoms with Gasteiger partial charge in [0.1, 0.15) is 11.5 Å². The summed E-state index contributed by atoms with van der Waals surface area (Å²) in [6.07, 6.45) is 2.89. The number of alkyl halides is 1. The fourth-order valence-electron chi connectivity index (χ4n) is 2.61. The molecule has 1 heterocycles. The van der Waals surface area contributed by atoms with Crippen LogP contribution in [0.1, 0.15) is 30.2 Å². The molecule has 0 aromatic heterocycles. The van der Waals surface area contributed by atoms with Gasteiger partial charge in [-0.3, -0.25) is 0 Å². The number of halogens is 1. The van der Waals surface area contributed by atoms with Crippen molar-refractivity contribution in [2.24, 2.45) is 0 Å². The van der Waals surface area contributed by atoms with Gasteiger partial charge >= 0.3 is 0 Å². The molecule has 2 aromatic rings. The van der Waals surface area contributed by atoms with Gasteiger partial charge < -0.3 is 9.47 Å². The summed E-state index contributed by atoms with van der Waals surface area (Å²) in [7, 11) is 0. The maximum Gasteiger partial charge on any atom is 0.127 e. The third-order valence-corrected chi connectivity index (χ3v) is 4.89. The molecule has 1 aliphatic heterocycles. The van der Waals surface area contributed by atoms with Crippen LogP contribution in [0.15, 0.2) is 54.6 Å². The lowest BCUT2D eigenvalue weighted by Crippen LogP contribution is -2.14. The van der Waals surface area contributed by atoms with E-state index in [4.69, 9.17) is 9.47 Å². The number of hydrogen-bond acceptors (Lipinski definition) is 2. The van der Waals surface area contributed by atoms with Crippen LogP contribution in [-0.2, 0) is 4.74 Å². The van der Waals surface area contributed by atoms with Gasteiger partial charge in [-0.2, -0.15) is 0 Å². The van der Waals surface area contributed by atoms with E-state index in [2.05, 4.69) is 35.0 Å². The van der Waals surface area contributed by atoms with Crippen LogP contribution in [0, 0.1) is 0 Å². The Morgan fingerprint density at radius 1 is 1.00 bits per heavy atom. The Morgan fingerprint density at radius 2 is 1.67 bits per heavy atom. The highest BCUT2D eigenvalue weighted by Gasteiger charge is 2.28. The summed E-state index contributed by atoms with van der Waals surface area (Å²) in [5.74, 6) is 1.71. The molecular formula is C18H19BrO2. The monoisotopic (exact) mass is 346 g/mol. The molecule has 2 aromatic carbocycles. The summed E-state index contributed by atoms with van der Waals surface area (Å²) in [5.41, 5.74) is 1.23. The molecule has 0 bridgehead atoms. The van der Waals surface area contributed by atoms with Crippen LogP contribution in [0.2, 0.25) is 0 Å². The van der Waals surface area contributed by atoms with Crippen LogP contribution < -0.4 is 4.74 Å². The second kappa shape index (κ2) is 6.63. The standard InChI is InChI=1S/C18H19BrO2/c1-13-7-12-17(20-13)18(19)14-8-10-16(11-9-14)21-15-5-3-2-4-6-15/h2-6,8-11,13,17-18H,7,12H2,1H3. The highest BCUT2D eigenvalue weighted by atomic mass is 79.9.